The van der Waals surface area contributed by atoms with Crippen LogP contribution in [-0.2, 0) is 14.1 Å². The van der Waals surface area contributed by atoms with Crippen molar-refractivity contribution in [3.05, 3.63) is 22.2 Å². The Labute approximate surface area is 79.6 Å². The molecule has 0 fully saturated rings. The summed E-state index contributed by atoms with van der Waals surface area (Å²) < 4.78 is 4.44. The minimum atomic E-state index is -0.295. The summed E-state index contributed by atoms with van der Waals surface area (Å²) >= 11 is 0. The van der Waals surface area contributed by atoms with Gasteiger partial charge in [0.15, 0.2) is 0 Å². The van der Waals surface area contributed by atoms with Crippen molar-refractivity contribution in [1.82, 2.24) is 14.2 Å². The SMILES string of the molecule is Cc1c(O)n(C)c2n(nc[n+]2C)c1=O. The number of nitrogens with zero attached hydrogens (tertiary/aromatic N) is 4. The van der Waals surface area contributed by atoms with Crippen molar-refractivity contribution in [3.8, 4) is 5.88 Å². The molecule has 0 unspecified atom stereocenters. The highest BCUT2D eigenvalue weighted by atomic mass is 16.3. The third-order valence-electron chi connectivity index (χ3n) is 2.31. The van der Waals surface area contributed by atoms with Crippen molar-refractivity contribution in [2.45, 2.75) is 6.92 Å². The third-order valence-corrected chi connectivity index (χ3v) is 2.31. The van der Waals surface area contributed by atoms with Gasteiger partial charge in [0.25, 0.3) is 0 Å². The van der Waals surface area contributed by atoms with Crippen LogP contribution in [0.15, 0.2) is 11.1 Å². The number of hydrogen-bond acceptors (Lipinski definition) is 3. The Hall–Kier alpha value is -1.85. The van der Waals surface area contributed by atoms with Gasteiger partial charge in [-0.25, -0.2) is 9.13 Å². The number of rotatable bonds is 0. The zero-order valence-electron chi connectivity index (χ0n) is 8.22. The Morgan fingerprint density at radius 1 is 1.57 bits per heavy atom. The summed E-state index contributed by atoms with van der Waals surface area (Å²) in [5, 5.41) is 13.6. The number of fused-ring (bicyclic) bond motifs is 1. The molecular formula is C8H11N4O2+. The maximum absolute atomic E-state index is 11.6. The highest BCUT2D eigenvalue weighted by molar-refractivity contribution is 5.32. The second-order valence-electron chi connectivity index (χ2n) is 3.27. The molecule has 0 spiro atoms. The van der Waals surface area contributed by atoms with Crippen LogP contribution < -0.4 is 10.1 Å². The first-order valence-corrected chi connectivity index (χ1v) is 4.16. The standard InChI is InChI=1S/C8H10N4O2/c1-5-6(13)11(3)8-10(2)4-9-12(8)7(5)14/h4H,1-3H3/p+1. The summed E-state index contributed by atoms with van der Waals surface area (Å²) in [7, 11) is 3.44. The van der Waals surface area contributed by atoms with Crippen LogP contribution in [0.4, 0.5) is 0 Å². The molecule has 0 radical (unpaired) electrons. The van der Waals surface area contributed by atoms with Crippen LogP contribution in [0.5, 0.6) is 5.88 Å². The van der Waals surface area contributed by atoms with Gasteiger partial charge >= 0.3 is 11.3 Å². The van der Waals surface area contributed by atoms with E-state index in [2.05, 4.69) is 5.10 Å². The van der Waals surface area contributed by atoms with Crippen LogP contribution in [-0.4, -0.2) is 19.3 Å². The van der Waals surface area contributed by atoms with Gasteiger partial charge in [0, 0.05) is 0 Å². The fourth-order valence-electron chi connectivity index (χ4n) is 1.50. The summed E-state index contributed by atoms with van der Waals surface area (Å²) in [5.74, 6) is 0.511. The predicted octanol–water partition coefficient (Wildman–Crippen LogP) is -1.13. The first kappa shape index (κ1) is 8.74. The van der Waals surface area contributed by atoms with E-state index in [0.29, 0.717) is 11.3 Å². The Kier molecular flexibility index (Phi) is 1.60. The monoisotopic (exact) mass is 195 g/mol. The largest absolute Gasteiger partial charge is 0.486 e. The highest BCUT2D eigenvalue weighted by Crippen LogP contribution is 2.10. The molecule has 0 saturated carbocycles. The molecule has 0 aliphatic heterocycles. The van der Waals surface area contributed by atoms with E-state index in [0.717, 1.165) is 0 Å². The number of aromatic hydroxyl groups is 1. The fourth-order valence-corrected chi connectivity index (χ4v) is 1.50. The number of hydrogen-bond donors (Lipinski definition) is 1. The van der Waals surface area contributed by atoms with Crippen molar-refractivity contribution in [2.75, 3.05) is 0 Å². The van der Waals surface area contributed by atoms with E-state index in [4.69, 9.17) is 0 Å². The molecule has 2 heterocycles. The van der Waals surface area contributed by atoms with Crippen LogP contribution in [0.2, 0.25) is 0 Å². The van der Waals surface area contributed by atoms with Crippen molar-refractivity contribution in [1.29, 1.82) is 0 Å². The average molecular weight is 195 g/mol. The van der Waals surface area contributed by atoms with E-state index < -0.39 is 0 Å². The van der Waals surface area contributed by atoms with Crippen molar-refractivity contribution in [3.63, 3.8) is 0 Å². The molecule has 0 aromatic carbocycles. The molecule has 14 heavy (non-hydrogen) atoms. The normalized spacial score (nSPS) is 11.1. The van der Waals surface area contributed by atoms with Gasteiger partial charge < -0.3 is 5.11 Å². The second-order valence-corrected chi connectivity index (χ2v) is 3.27. The van der Waals surface area contributed by atoms with E-state index in [-0.39, 0.29) is 11.4 Å². The van der Waals surface area contributed by atoms with E-state index in [1.54, 1.807) is 25.6 Å². The van der Waals surface area contributed by atoms with Gasteiger partial charge in [-0.15, -0.1) is 0 Å². The maximum atomic E-state index is 11.6. The molecule has 0 saturated heterocycles. The lowest BCUT2D eigenvalue weighted by molar-refractivity contribution is -0.649. The van der Waals surface area contributed by atoms with Crippen molar-refractivity contribution >= 4 is 5.78 Å². The average Bonchev–Trinajstić information content (AvgIpc) is 2.54. The molecule has 6 heteroatoms. The van der Waals surface area contributed by atoms with E-state index in [1.165, 1.54) is 15.4 Å². The van der Waals surface area contributed by atoms with E-state index >= 15 is 0 Å². The quantitative estimate of drug-likeness (QED) is 0.541. The summed E-state index contributed by atoms with van der Waals surface area (Å²) in [6, 6.07) is 0. The first-order valence-electron chi connectivity index (χ1n) is 4.16. The molecule has 0 amide bonds. The molecule has 0 atom stereocenters. The summed E-state index contributed by atoms with van der Waals surface area (Å²) in [4.78, 5) is 11.6. The van der Waals surface area contributed by atoms with E-state index in [1.807, 2.05) is 0 Å². The van der Waals surface area contributed by atoms with Gasteiger partial charge in [-0.3, -0.25) is 4.79 Å². The van der Waals surface area contributed by atoms with Gasteiger partial charge in [-0.1, -0.05) is 0 Å². The topological polar surface area (TPSA) is 63.4 Å². The zero-order valence-corrected chi connectivity index (χ0v) is 8.22. The Bertz CT molecular complexity index is 567. The summed E-state index contributed by atoms with van der Waals surface area (Å²) in [5.41, 5.74) is -0.0000926. The predicted molar refractivity (Wildman–Crippen MR) is 48.0 cm³/mol. The molecular weight excluding hydrogens is 184 g/mol. The highest BCUT2D eigenvalue weighted by Gasteiger charge is 2.20. The lowest BCUT2D eigenvalue weighted by atomic mass is 10.3. The van der Waals surface area contributed by atoms with Crippen LogP contribution >= 0.6 is 0 Å². The molecule has 2 aromatic heterocycles. The van der Waals surface area contributed by atoms with Crippen molar-refractivity contribution < 1.29 is 9.67 Å². The molecule has 0 bridgehead atoms. The molecule has 74 valence electrons. The van der Waals surface area contributed by atoms with Gasteiger partial charge in [-0.2, -0.15) is 0 Å². The Morgan fingerprint density at radius 2 is 2.21 bits per heavy atom. The molecule has 2 rings (SSSR count). The lowest BCUT2D eigenvalue weighted by Gasteiger charge is -2.01. The number of aryl methyl sites for hydroxylation is 2. The minimum Gasteiger partial charge on any atom is -0.486 e. The van der Waals surface area contributed by atoms with E-state index in [9.17, 15) is 9.90 Å². The Morgan fingerprint density at radius 3 is 2.86 bits per heavy atom. The second kappa shape index (κ2) is 2.57. The number of aromatic nitrogens is 4. The van der Waals surface area contributed by atoms with Gasteiger partial charge in [0.1, 0.15) is 5.56 Å². The van der Waals surface area contributed by atoms with Crippen LogP contribution in [0.25, 0.3) is 5.78 Å². The summed E-state index contributed by atoms with van der Waals surface area (Å²) in [6.07, 6.45) is 1.52. The fraction of sp³-hybridized carbons (Fsp3) is 0.375. The molecule has 0 aliphatic rings. The van der Waals surface area contributed by atoms with Gasteiger partial charge in [0.05, 0.1) is 14.1 Å². The first-order chi connectivity index (χ1) is 6.54. The van der Waals surface area contributed by atoms with Crippen LogP contribution in [0, 0.1) is 6.92 Å². The molecule has 2 aromatic rings. The van der Waals surface area contributed by atoms with Crippen molar-refractivity contribution in [2.24, 2.45) is 14.1 Å². The van der Waals surface area contributed by atoms with Gasteiger partial charge in [0.2, 0.25) is 12.2 Å². The van der Waals surface area contributed by atoms with Gasteiger partial charge in [-0.05, 0) is 16.5 Å². The minimum absolute atomic E-state index is 0.0291. The molecule has 1 N–H and O–H groups in total. The maximum Gasteiger partial charge on any atom is 0.362 e. The molecule has 0 aliphatic carbocycles. The van der Waals surface area contributed by atoms with Crippen LogP contribution in [0.1, 0.15) is 5.56 Å². The Balaban J connectivity index is 3.13. The summed E-state index contributed by atoms with van der Waals surface area (Å²) in [6.45, 7) is 1.57. The third kappa shape index (κ3) is 0.876. The van der Waals surface area contributed by atoms with Crippen LogP contribution in [0.3, 0.4) is 0 Å². The smallest absolute Gasteiger partial charge is 0.362 e. The molecule has 6 nitrogen and oxygen atoms in total. The lowest BCUT2D eigenvalue weighted by Crippen LogP contribution is -2.32. The zero-order chi connectivity index (χ0) is 10.5.